The molecule has 0 atom stereocenters. The van der Waals surface area contributed by atoms with E-state index in [9.17, 15) is 0 Å². The van der Waals surface area contributed by atoms with Crippen LogP contribution in [0.25, 0.3) is 0 Å². The smallest absolute Gasteiger partial charge is 0.0406 e. The van der Waals surface area contributed by atoms with E-state index in [1.165, 1.54) is 24.1 Å². The molecular formula is C10H15N3. The van der Waals surface area contributed by atoms with Gasteiger partial charge in [-0.25, -0.2) is 0 Å². The first-order valence-electron chi connectivity index (χ1n) is 4.79. The van der Waals surface area contributed by atoms with Crippen LogP contribution < -0.4 is 11.1 Å². The van der Waals surface area contributed by atoms with Crippen molar-refractivity contribution in [1.29, 1.82) is 0 Å². The van der Waals surface area contributed by atoms with Crippen molar-refractivity contribution >= 4 is 5.69 Å². The number of nitrogens with two attached hydrogens (primary N) is 1. The summed E-state index contributed by atoms with van der Waals surface area (Å²) >= 11 is 0. The number of nitrogens with one attached hydrogen (secondary N) is 1. The van der Waals surface area contributed by atoms with Gasteiger partial charge < -0.3 is 11.1 Å². The molecule has 1 aliphatic rings. The molecule has 0 bridgehead atoms. The summed E-state index contributed by atoms with van der Waals surface area (Å²) in [4.78, 5) is 4.10. The van der Waals surface area contributed by atoms with E-state index in [0.29, 0.717) is 12.6 Å². The average Bonchev–Trinajstić information content (AvgIpc) is 2.93. The summed E-state index contributed by atoms with van der Waals surface area (Å²) in [6.07, 6.45) is 7.22. The van der Waals surface area contributed by atoms with E-state index in [2.05, 4.69) is 10.3 Å². The Balaban J connectivity index is 2.10. The Labute approximate surface area is 78.4 Å². The fourth-order valence-electron chi connectivity index (χ4n) is 1.37. The third-order valence-electron chi connectivity index (χ3n) is 2.25. The maximum absolute atomic E-state index is 5.52. The lowest BCUT2D eigenvalue weighted by molar-refractivity contribution is 0.954. The second-order valence-corrected chi connectivity index (χ2v) is 3.49. The van der Waals surface area contributed by atoms with Gasteiger partial charge in [-0.1, -0.05) is 0 Å². The molecule has 1 heterocycles. The molecule has 0 radical (unpaired) electrons. The van der Waals surface area contributed by atoms with Gasteiger partial charge in [-0.15, -0.1) is 0 Å². The van der Waals surface area contributed by atoms with Crippen LogP contribution in [0.15, 0.2) is 18.5 Å². The molecule has 3 heteroatoms. The van der Waals surface area contributed by atoms with Crippen LogP contribution in [0.2, 0.25) is 0 Å². The van der Waals surface area contributed by atoms with E-state index in [4.69, 9.17) is 5.73 Å². The van der Waals surface area contributed by atoms with Crippen molar-refractivity contribution in [3.05, 3.63) is 24.0 Å². The minimum atomic E-state index is 0.686. The van der Waals surface area contributed by atoms with Crippen LogP contribution >= 0.6 is 0 Å². The molecule has 0 spiro atoms. The molecule has 1 aromatic rings. The summed E-state index contributed by atoms with van der Waals surface area (Å²) in [7, 11) is 0. The zero-order valence-corrected chi connectivity index (χ0v) is 7.66. The molecule has 0 aromatic carbocycles. The topological polar surface area (TPSA) is 50.9 Å². The number of anilines is 1. The van der Waals surface area contributed by atoms with E-state index in [-0.39, 0.29) is 0 Å². The van der Waals surface area contributed by atoms with Gasteiger partial charge in [-0.05, 0) is 37.4 Å². The summed E-state index contributed by atoms with van der Waals surface area (Å²) in [5.74, 6) is 0. The van der Waals surface area contributed by atoms with Crippen molar-refractivity contribution in [2.24, 2.45) is 5.73 Å². The monoisotopic (exact) mass is 177 g/mol. The summed E-state index contributed by atoms with van der Waals surface area (Å²) in [5.41, 5.74) is 7.96. The van der Waals surface area contributed by atoms with Crippen LogP contribution in [0, 0.1) is 0 Å². The molecule has 13 heavy (non-hydrogen) atoms. The lowest BCUT2D eigenvalue weighted by Crippen LogP contribution is -2.08. The number of aromatic nitrogens is 1. The highest BCUT2D eigenvalue weighted by Gasteiger charge is 2.21. The van der Waals surface area contributed by atoms with Crippen molar-refractivity contribution in [3.8, 4) is 0 Å². The first kappa shape index (κ1) is 8.51. The van der Waals surface area contributed by atoms with Gasteiger partial charge in [0.05, 0.1) is 0 Å². The summed E-state index contributed by atoms with van der Waals surface area (Å²) in [6, 6.07) is 2.72. The van der Waals surface area contributed by atoms with Gasteiger partial charge in [0.25, 0.3) is 0 Å². The molecule has 0 aliphatic heterocycles. The minimum absolute atomic E-state index is 0.686. The van der Waals surface area contributed by atoms with Gasteiger partial charge in [-0.2, -0.15) is 0 Å². The summed E-state index contributed by atoms with van der Waals surface area (Å²) in [5, 5.41) is 3.47. The number of rotatable bonds is 4. The lowest BCUT2D eigenvalue weighted by Gasteiger charge is -2.09. The number of nitrogens with zero attached hydrogens (tertiary/aromatic N) is 1. The van der Waals surface area contributed by atoms with Crippen LogP contribution in [0.1, 0.15) is 18.4 Å². The highest BCUT2D eigenvalue weighted by Crippen LogP contribution is 2.26. The quantitative estimate of drug-likeness (QED) is 0.725. The summed E-state index contributed by atoms with van der Waals surface area (Å²) < 4.78 is 0. The fraction of sp³-hybridized carbons (Fsp3) is 0.500. The van der Waals surface area contributed by atoms with Crippen molar-refractivity contribution in [2.45, 2.75) is 25.3 Å². The largest absolute Gasteiger partial charge is 0.382 e. The van der Waals surface area contributed by atoms with Gasteiger partial charge >= 0.3 is 0 Å². The van der Waals surface area contributed by atoms with Gasteiger partial charge in [0, 0.05) is 24.1 Å². The van der Waals surface area contributed by atoms with Gasteiger partial charge in [-0.3, -0.25) is 4.98 Å². The van der Waals surface area contributed by atoms with Crippen molar-refractivity contribution < 1.29 is 0 Å². The zero-order chi connectivity index (χ0) is 9.10. The standard InChI is InChI=1S/C10H15N3/c11-5-3-8-7-12-6-4-10(8)13-9-1-2-9/h4,6-7,9H,1-3,5,11H2,(H,12,13). The normalized spacial score (nSPS) is 15.8. The Morgan fingerprint density at radius 1 is 1.54 bits per heavy atom. The first-order chi connectivity index (χ1) is 6.40. The molecule has 0 saturated heterocycles. The maximum Gasteiger partial charge on any atom is 0.0406 e. The van der Waals surface area contributed by atoms with Gasteiger partial charge in [0.15, 0.2) is 0 Å². The molecule has 1 saturated carbocycles. The second kappa shape index (κ2) is 3.75. The van der Waals surface area contributed by atoms with Crippen LogP contribution in [-0.4, -0.2) is 17.6 Å². The van der Waals surface area contributed by atoms with E-state index in [0.717, 1.165) is 6.42 Å². The summed E-state index contributed by atoms with van der Waals surface area (Å²) in [6.45, 7) is 0.686. The number of hydrogen-bond acceptors (Lipinski definition) is 3. The number of pyridine rings is 1. The van der Waals surface area contributed by atoms with Crippen molar-refractivity contribution in [2.75, 3.05) is 11.9 Å². The van der Waals surface area contributed by atoms with Crippen LogP contribution in [0.3, 0.4) is 0 Å². The average molecular weight is 177 g/mol. The Morgan fingerprint density at radius 2 is 2.38 bits per heavy atom. The lowest BCUT2D eigenvalue weighted by atomic mass is 10.1. The van der Waals surface area contributed by atoms with E-state index in [1.807, 2.05) is 18.5 Å². The molecule has 0 amide bonds. The predicted molar refractivity (Wildman–Crippen MR) is 53.6 cm³/mol. The molecule has 0 unspecified atom stereocenters. The Hall–Kier alpha value is -1.09. The van der Waals surface area contributed by atoms with Crippen LogP contribution in [0.4, 0.5) is 5.69 Å². The minimum Gasteiger partial charge on any atom is -0.382 e. The molecular weight excluding hydrogens is 162 g/mol. The third-order valence-corrected chi connectivity index (χ3v) is 2.25. The van der Waals surface area contributed by atoms with Crippen molar-refractivity contribution in [3.63, 3.8) is 0 Å². The van der Waals surface area contributed by atoms with Crippen LogP contribution in [0.5, 0.6) is 0 Å². The van der Waals surface area contributed by atoms with E-state index < -0.39 is 0 Å². The highest BCUT2D eigenvalue weighted by atomic mass is 15.0. The van der Waals surface area contributed by atoms with Crippen molar-refractivity contribution in [1.82, 2.24) is 4.98 Å². The molecule has 70 valence electrons. The number of hydrogen-bond donors (Lipinski definition) is 2. The van der Waals surface area contributed by atoms with E-state index in [1.54, 1.807) is 0 Å². The predicted octanol–water partition coefficient (Wildman–Crippen LogP) is 1.16. The van der Waals surface area contributed by atoms with Gasteiger partial charge in [0.1, 0.15) is 0 Å². The molecule has 2 rings (SSSR count). The first-order valence-corrected chi connectivity index (χ1v) is 4.79. The zero-order valence-electron chi connectivity index (χ0n) is 7.66. The Bertz CT molecular complexity index is 281. The molecule has 1 fully saturated rings. The Kier molecular flexibility index (Phi) is 2.45. The van der Waals surface area contributed by atoms with Gasteiger partial charge in [0.2, 0.25) is 0 Å². The molecule has 3 N–H and O–H groups in total. The molecule has 1 aliphatic carbocycles. The van der Waals surface area contributed by atoms with Crippen LogP contribution in [-0.2, 0) is 6.42 Å². The second-order valence-electron chi connectivity index (χ2n) is 3.49. The molecule has 3 nitrogen and oxygen atoms in total. The third kappa shape index (κ3) is 2.18. The highest BCUT2D eigenvalue weighted by molar-refractivity contribution is 5.51. The maximum atomic E-state index is 5.52. The van der Waals surface area contributed by atoms with E-state index >= 15 is 0 Å². The fourth-order valence-corrected chi connectivity index (χ4v) is 1.37. The SMILES string of the molecule is NCCc1cnccc1NC1CC1. The Morgan fingerprint density at radius 3 is 3.08 bits per heavy atom. The molecule has 1 aromatic heterocycles.